The van der Waals surface area contributed by atoms with Gasteiger partial charge >= 0.3 is 5.97 Å². The molecule has 102 valence electrons. The third kappa shape index (κ3) is 3.61. The molecule has 0 aliphatic heterocycles. The maximum absolute atomic E-state index is 10.6. The van der Waals surface area contributed by atoms with Crippen molar-refractivity contribution in [1.82, 2.24) is 19.7 Å². The summed E-state index contributed by atoms with van der Waals surface area (Å²) in [5.74, 6) is -0.640. The van der Waals surface area contributed by atoms with Crippen LogP contribution in [-0.2, 0) is 11.3 Å². The Morgan fingerprint density at radius 3 is 2.61 bits per heavy atom. The molecule has 1 heterocycles. The fraction of sp³-hybridized carbons (Fsp3) is 0.700. The van der Waals surface area contributed by atoms with E-state index in [0.717, 1.165) is 11.8 Å². The van der Waals surface area contributed by atoms with E-state index in [1.165, 1.54) is 0 Å². The first kappa shape index (κ1) is 14.8. The number of hydrogen-bond donors (Lipinski definition) is 2. The minimum atomic E-state index is -0.889. The Balaban J connectivity index is 2.87. The highest BCUT2D eigenvalue weighted by atomic mass is 32.2. The quantitative estimate of drug-likeness (QED) is 0.723. The maximum atomic E-state index is 10.6. The summed E-state index contributed by atoms with van der Waals surface area (Å²) in [7, 11) is 3.95. The lowest BCUT2D eigenvalue weighted by molar-refractivity contribution is -0.133. The van der Waals surface area contributed by atoms with E-state index in [9.17, 15) is 4.79 Å². The number of aliphatic carboxylic acids is 1. The standard InChI is InChI=1S/C10H19N5O2S/c1-10(2,14(3)4)6-15-8(11)12-13-9(15)18-5-7(16)17/h5-6H2,1-4H3,(H2,11,12)(H,16,17). The van der Waals surface area contributed by atoms with Gasteiger partial charge in [0.05, 0.1) is 5.75 Å². The van der Waals surface area contributed by atoms with Crippen LogP contribution in [0.3, 0.4) is 0 Å². The van der Waals surface area contributed by atoms with Gasteiger partial charge in [-0.05, 0) is 27.9 Å². The lowest BCUT2D eigenvalue weighted by Crippen LogP contribution is -2.42. The predicted octanol–water partition coefficient (Wildman–Crippen LogP) is 0.377. The van der Waals surface area contributed by atoms with E-state index in [1.807, 2.05) is 14.1 Å². The van der Waals surface area contributed by atoms with E-state index >= 15 is 0 Å². The van der Waals surface area contributed by atoms with Crippen LogP contribution >= 0.6 is 11.8 Å². The van der Waals surface area contributed by atoms with Gasteiger partial charge in [0.25, 0.3) is 0 Å². The zero-order valence-electron chi connectivity index (χ0n) is 11.0. The lowest BCUT2D eigenvalue weighted by atomic mass is 10.0. The molecule has 0 bridgehead atoms. The molecule has 0 aliphatic carbocycles. The molecular weight excluding hydrogens is 254 g/mol. The molecule has 0 aliphatic rings. The second kappa shape index (κ2) is 5.57. The van der Waals surface area contributed by atoms with Crippen molar-refractivity contribution in [2.75, 3.05) is 25.6 Å². The second-order valence-corrected chi connectivity index (χ2v) is 5.76. The van der Waals surface area contributed by atoms with E-state index in [4.69, 9.17) is 10.8 Å². The largest absolute Gasteiger partial charge is 0.481 e. The average molecular weight is 273 g/mol. The lowest BCUT2D eigenvalue weighted by Gasteiger charge is -2.33. The third-order valence-electron chi connectivity index (χ3n) is 2.83. The van der Waals surface area contributed by atoms with E-state index in [-0.39, 0.29) is 11.3 Å². The highest BCUT2D eigenvalue weighted by Gasteiger charge is 2.24. The van der Waals surface area contributed by atoms with Crippen molar-refractivity contribution in [2.45, 2.75) is 31.1 Å². The third-order valence-corrected chi connectivity index (χ3v) is 3.78. The van der Waals surface area contributed by atoms with Crippen LogP contribution in [0.1, 0.15) is 13.8 Å². The number of thioether (sulfide) groups is 1. The molecule has 0 atom stereocenters. The molecule has 1 aromatic heterocycles. The van der Waals surface area contributed by atoms with Gasteiger partial charge in [0.1, 0.15) is 0 Å². The second-order valence-electron chi connectivity index (χ2n) is 4.82. The Morgan fingerprint density at radius 2 is 2.11 bits per heavy atom. The number of carboxylic acids is 1. The van der Waals surface area contributed by atoms with Gasteiger partial charge < -0.3 is 15.7 Å². The Hall–Kier alpha value is -1.28. The maximum Gasteiger partial charge on any atom is 0.313 e. The van der Waals surface area contributed by atoms with Gasteiger partial charge in [-0.3, -0.25) is 9.36 Å². The highest BCUT2D eigenvalue weighted by Crippen LogP contribution is 2.22. The van der Waals surface area contributed by atoms with Crippen LogP contribution in [-0.4, -0.2) is 56.1 Å². The summed E-state index contributed by atoms with van der Waals surface area (Å²) in [5, 5.41) is 16.9. The number of carboxylic acid groups (broad SMARTS) is 1. The van der Waals surface area contributed by atoms with Crippen LogP contribution in [0.2, 0.25) is 0 Å². The molecule has 0 fully saturated rings. The summed E-state index contributed by atoms with van der Waals surface area (Å²) in [5.41, 5.74) is 5.64. The number of carbonyl (C=O) groups is 1. The predicted molar refractivity (Wildman–Crippen MR) is 70.6 cm³/mol. The van der Waals surface area contributed by atoms with Crippen molar-refractivity contribution in [2.24, 2.45) is 0 Å². The van der Waals surface area contributed by atoms with Gasteiger partial charge in [-0.1, -0.05) is 11.8 Å². The molecule has 7 nitrogen and oxygen atoms in total. The highest BCUT2D eigenvalue weighted by molar-refractivity contribution is 7.99. The molecule has 1 rings (SSSR count). The Kier molecular flexibility index (Phi) is 4.58. The molecule has 0 radical (unpaired) electrons. The Morgan fingerprint density at radius 1 is 1.50 bits per heavy atom. The van der Waals surface area contributed by atoms with Crippen molar-refractivity contribution in [3.8, 4) is 0 Å². The zero-order valence-corrected chi connectivity index (χ0v) is 11.9. The first-order chi connectivity index (χ1) is 8.24. The van der Waals surface area contributed by atoms with Gasteiger partial charge in [0, 0.05) is 12.1 Å². The number of aromatic nitrogens is 3. The zero-order chi connectivity index (χ0) is 13.9. The number of nitrogens with two attached hydrogens (primary N) is 1. The van der Waals surface area contributed by atoms with E-state index in [1.54, 1.807) is 4.57 Å². The van der Waals surface area contributed by atoms with Crippen molar-refractivity contribution in [3.05, 3.63) is 0 Å². The number of hydrogen-bond acceptors (Lipinski definition) is 6. The van der Waals surface area contributed by atoms with Crippen molar-refractivity contribution >= 4 is 23.7 Å². The van der Waals surface area contributed by atoms with E-state index in [2.05, 4.69) is 28.9 Å². The average Bonchev–Trinajstić information content (AvgIpc) is 2.57. The van der Waals surface area contributed by atoms with Crippen LogP contribution in [0.25, 0.3) is 0 Å². The van der Waals surface area contributed by atoms with Crippen LogP contribution in [0.15, 0.2) is 5.16 Å². The van der Waals surface area contributed by atoms with Crippen molar-refractivity contribution in [1.29, 1.82) is 0 Å². The molecule has 0 amide bonds. The van der Waals surface area contributed by atoms with Gasteiger partial charge in [-0.15, -0.1) is 10.2 Å². The minimum Gasteiger partial charge on any atom is -0.481 e. The monoisotopic (exact) mass is 273 g/mol. The summed E-state index contributed by atoms with van der Waals surface area (Å²) < 4.78 is 1.74. The van der Waals surface area contributed by atoms with Gasteiger partial charge in [-0.2, -0.15) is 0 Å². The molecule has 8 heteroatoms. The minimum absolute atomic E-state index is 0.0550. The molecule has 3 N–H and O–H groups in total. The van der Waals surface area contributed by atoms with E-state index < -0.39 is 5.97 Å². The number of nitrogens with zero attached hydrogens (tertiary/aromatic N) is 4. The van der Waals surface area contributed by atoms with Crippen molar-refractivity contribution < 1.29 is 9.90 Å². The summed E-state index contributed by atoms with van der Waals surface area (Å²) in [4.78, 5) is 12.6. The number of anilines is 1. The first-order valence-corrected chi connectivity index (χ1v) is 6.43. The normalized spacial score (nSPS) is 12.1. The van der Waals surface area contributed by atoms with Gasteiger partial charge in [0.15, 0.2) is 5.16 Å². The Labute approximate surface area is 110 Å². The summed E-state index contributed by atoms with van der Waals surface area (Å²) in [6.45, 7) is 4.73. The number of rotatable bonds is 6. The molecular formula is C10H19N5O2S. The molecule has 0 spiro atoms. The van der Waals surface area contributed by atoms with Gasteiger partial charge in [-0.25, -0.2) is 0 Å². The molecule has 0 saturated heterocycles. The molecule has 18 heavy (non-hydrogen) atoms. The van der Waals surface area contributed by atoms with Crippen LogP contribution < -0.4 is 5.73 Å². The van der Waals surface area contributed by atoms with E-state index in [0.29, 0.717) is 17.6 Å². The summed E-state index contributed by atoms with van der Waals surface area (Å²) >= 11 is 1.12. The summed E-state index contributed by atoms with van der Waals surface area (Å²) in [6, 6.07) is 0. The fourth-order valence-electron chi connectivity index (χ4n) is 1.21. The number of nitrogen functional groups attached to an aromatic ring is 1. The molecule has 0 aromatic carbocycles. The van der Waals surface area contributed by atoms with Crippen molar-refractivity contribution in [3.63, 3.8) is 0 Å². The molecule has 1 aromatic rings. The number of likely N-dealkylation sites (N-methyl/N-ethyl adjacent to an activating group) is 1. The SMILES string of the molecule is CN(C)C(C)(C)Cn1c(N)nnc1SCC(=O)O. The Bertz CT molecular complexity index is 430. The summed E-state index contributed by atoms with van der Waals surface area (Å²) in [6.07, 6.45) is 0. The topological polar surface area (TPSA) is 97.3 Å². The van der Waals surface area contributed by atoms with Crippen LogP contribution in [0.4, 0.5) is 5.95 Å². The smallest absolute Gasteiger partial charge is 0.313 e. The first-order valence-electron chi connectivity index (χ1n) is 5.45. The van der Waals surface area contributed by atoms with Crippen LogP contribution in [0.5, 0.6) is 0 Å². The fourth-order valence-corrected chi connectivity index (χ4v) is 1.88. The van der Waals surface area contributed by atoms with Crippen LogP contribution in [0, 0.1) is 0 Å². The van der Waals surface area contributed by atoms with Gasteiger partial charge in [0.2, 0.25) is 5.95 Å². The molecule has 0 unspecified atom stereocenters. The molecule has 0 saturated carbocycles.